The minimum absolute atomic E-state index is 0.575. The molecule has 23 heavy (non-hydrogen) atoms. The Morgan fingerprint density at radius 1 is 0.609 bits per heavy atom. The molecule has 124 valence electrons. The number of hydrazine groups is 1. The molecule has 2 rings (SSSR count). The van der Waals surface area contributed by atoms with Gasteiger partial charge >= 0.3 is 0 Å². The number of allylic oxidation sites excluding steroid dienone is 11. The summed E-state index contributed by atoms with van der Waals surface area (Å²) in [5, 5.41) is 0. The Hall–Kier alpha value is -1.80. The largest absolute Gasteiger partial charge is 0.321 e. The molecule has 0 bridgehead atoms. The van der Waals surface area contributed by atoms with Crippen molar-refractivity contribution in [1.82, 2.24) is 10.9 Å². The highest BCUT2D eigenvalue weighted by Gasteiger charge is 2.09. The van der Waals surface area contributed by atoms with Crippen LogP contribution in [0.4, 0.5) is 0 Å². The average molecular weight is 310 g/mol. The van der Waals surface area contributed by atoms with E-state index in [0.29, 0.717) is 6.04 Å². The van der Waals surface area contributed by atoms with Crippen molar-refractivity contribution in [2.75, 3.05) is 0 Å². The van der Waals surface area contributed by atoms with Crippen LogP contribution in [0.2, 0.25) is 0 Å². The van der Waals surface area contributed by atoms with Crippen LogP contribution in [0.1, 0.15) is 51.4 Å². The lowest BCUT2D eigenvalue weighted by Gasteiger charge is -2.19. The predicted molar refractivity (Wildman–Crippen MR) is 101 cm³/mol. The highest BCUT2D eigenvalue weighted by molar-refractivity contribution is 5.28. The first kappa shape index (κ1) is 17.6. The van der Waals surface area contributed by atoms with Crippen LogP contribution in [-0.2, 0) is 0 Å². The Labute approximate surface area is 141 Å². The van der Waals surface area contributed by atoms with E-state index in [1.165, 1.54) is 51.4 Å². The number of nitrogens with one attached hydrogen (secondary N) is 2. The molecular weight excluding hydrogens is 280 g/mol. The van der Waals surface area contributed by atoms with E-state index >= 15 is 0 Å². The standard InChI is InChI=1S/C21H30N2/c1-2-4-8-12-16-20(17-13-9-5-3-1)22-23-21-18-14-10-6-7-11-15-19-21/h1-5,8-9,12-13,16-17,21-23H,6-7,10-11,14-15,18-19H2/b2-1-,3-1?,4-2?,5-3-,8-4-,9-5?,12-8?,13-9-,16-12-,17-13?,20-16?,20-17+. The van der Waals surface area contributed by atoms with Gasteiger partial charge in [-0.15, -0.1) is 0 Å². The quantitative estimate of drug-likeness (QED) is 0.695. The second-order valence-electron chi connectivity index (χ2n) is 6.19. The minimum Gasteiger partial charge on any atom is -0.321 e. The molecule has 2 nitrogen and oxygen atoms in total. The van der Waals surface area contributed by atoms with Gasteiger partial charge in [0.05, 0.1) is 0 Å². The minimum atomic E-state index is 0.575. The van der Waals surface area contributed by atoms with E-state index in [4.69, 9.17) is 0 Å². The van der Waals surface area contributed by atoms with Crippen LogP contribution in [-0.4, -0.2) is 6.04 Å². The summed E-state index contributed by atoms with van der Waals surface area (Å²) in [5.74, 6) is 0. The van der Waals surface area contributed by atoms with Crippen LogP contribution in [0.3, 0.4) is 0 Å². The third-order valence-electron chi connectivity index (χ3n) is 4.22. The molecule has 0 aromatic heterocycles. The molecule has 2 N–H and O–H groups in total. The smallest absolute Gasteiger partial charge is 0.0487 e. The summed E-state index contributed by atoms with van der Waals surface area (Å²) in [4.78, 5) is 0. The van der Waals surface area contributed by atoms with E-state index < -0.39 is 0 Å². The van der Waals surface area contributed by atoms with Crippen molar-refractivity contribution < 1.29 is 0 Å². The van der Waals surface area contributed by atoms with E-state index in [0.717, 1.165) is 5.70 Å². The Balaban J connectivity index is 1.89. The summed E-state index contributed by atoms with van der Waals surface area (Å²) in [7, 11) is 0. The lowest BCUT2D eigenvalue weighted by Crippen LogP contribution is -2.39. The Kier molecular flexibility index (Phi) is 8.95. The van der Waals surface area contributed by atoms with Crippen LogP contribution in [0, 0.1) is 0 Å². The monoisotopic (exact) mass is 310 g/mol. The topological polar surface area (TPSA) is 24.1 Å². The molecule has 2 heteroatoms. The molecule has 0 aliphatic heterocycles. The predicted octanol–water partition coefficient (Wildman–Crippen LogP) is 5.26. The van der Waals surface area contributed by atoms with Crippen LogP contribution in [0.25, 0.3) is 0 Å². The summed E-state index contributed by atoms with van der Waals surface area (Å²) in [6.45, 7) is 0. The van der Waals surface area contributed by atoms with Crippen molar-refractivity contribution in [2.24, 2.45) is 0 Å². The molecular formula is C21H30N2. The zero-order valence-electron chi connectivity index (χ0n) is 14.1. The molecule has 0 amide bonds. The maximum atomic E-state index is 3.54. The molecule has 0 unspecified atom stereocenters. The van der Waals surface area contributed by atoms with Gasteiger partial charge in [0, 0.05) is 11.7 Å². The molecule has 2 aliphatic rings. The van der Waals surface area contributed by atoms with Gasteiger partial charge < -0.3 is 5.43 Å². The fourth-order valence-electron chi connectivity index (χ4n) is 2.87. The zero-order chi connectivity index (χ0) is 16.0. The van der Waals surface area contributed by atoms with E-state index in [1.807, 2.05) is 42.5 Å². The van der Waals surface area contributed by atoms with Crippen molar-refractivity contribution in [2.45, 2.75) is 57.4 Å². The summed E-state index contributed by atoms with van der Waals surface area (Å²) in [5.41, 5.74) is 8.04. The van der Waals surface area contributed by atoms with Gasteiger partial charge in [-0.3, -0.25) is 0 Å². The maximum Gasteiger partial charge on any atom is 0.0487 e. The van der Waals surface area contributed by atoms with Gasteiger partial charge in [0.1, 0.15) is 0 Å². The average Bonchev–Trinajstić information content (AvgIpc) is 2.68. The number of hydrogen-bond donors (Lipinski definition) is 2. The third-order valence-corrected chi connectivity index (χ3v) is 4.22. The summed E-state index contributed by atoms with van der Waals surface area (Å²) in [6.07, 6.45) is 33.4. The van der Waals surface area contributed by atoms with Gasteiger partial charge in [-0.05, 0) is 25.0 Å². The summed E-state index contributed by atoms with van der Waals surface area (Å²) >= 11 is 0. The molecule has 0 saturated heterocycles. The van der Waals surface area contributed by atoms with Crippen molar-refractivity contribution in [3.8, 4) is 0 Å². The molecule has 0 heterocycles. The number of hydrogen-bond acceptors (Lipinski definition) is 2. The second-order valence-corrected chi connectivity index (χ2v) is 6.19. The van der Waals surface area contributed by atoms with Crippen molar-refractivity contribution in [3.05, 3.63) is 72.5 Å². The van der Waals surface area contributed by atoms with E-state index in [1.54, 1.807) is 0 Å². The van der Waals surface area contributed by atoms with Crippen LogP contribution in [0.15, 0.2) is 72.5 Å². The summed E-state index contributed by atoms with van der Waals surface area (Å²) in [6, 6.07) is 0.575. The lowest BCUT2D eigenvalue weighted by molar-refractivity contribution is 0.402. The van der Waals surface area contributed by atoms with Crippen LogP contribution < -0.4 is 10.9 Å². The van der Waals surface area contributed by atoms with Gasteiger partial charge in [0.2, 0.25) is 0 Å². The Bertz CT molecular complexity index is 482. The van der Waals surface area contributed by atoms with Gasteiger partial charge in [0.25, 0.3) is 0 Å². The fraction of sp³-hybridized carbons (Fsp3) is 0.429. The van der Waals surface area contributed by atoms with Crippen molar-refractivity contribution >= 4 is 0 Å². The maximum absolute atomic E-state index is 3.54. The number of rotatable bonds is 3. The highest BCUT2D eigenvalue weighted by atomic mass is 15.4. The molecule has 0 aromatic carbocycles. The normalized spacial score (nSPS) is 30.0. The molecule has 1 saturated carbocycles. The van der Waals surface area contributed by atoms with E-state index in [2.05, 4.69) is 35.2 Å². The first-order chi connectivity index (χ1) is 11.4. The molecule has 0 aromatic rings. The molecule has 2 aliphatic carbocycles. The first-order valence-electron chi connectivity index (χ1n) is 9.02. The van der Waals surface area contributed by atoms with Crippen molar-refractivity contribution in [1.29, 1.82) is 0 Å². The van der Waals surface area contributed by atoms with Crippen molar-refractivity contribution in [3.63, 3.8) is 0 Å². The SMILES string of the molecule is C1=C\C=C/C=C\C(NNC2CCCCCCCC2)=C/C=C\C=C/1. The molecule has 0 radical (unpaired) electrons. The zero-order valence-corrected chi connectivity index (χ0v) is 14.1. The van der Waals surface area contributed by atoms with Gasteiger partial charge in [-0.25, -0.2) is 5.43 Å². The van der Waals surface area contributed by atoms with Crippen LogP contribution in [0.5, 0.6) is 0 Å². The van der Waals surface area contributed by atoms with E-state index in [-0.39, 0.29) is 0 Å². The molecule has 0 spiro atoms. The third kappa shape index (κ3) is 8.41. The molecule has 1 fully saturated rings. The van der Waals surface area contributed by atoms with Gasteiger partial charge in [0.15, 0.2) is 0 Å². The molecule has 0 atom stereocenters. The highest BCUT2D eigenvalue weighted by Crippen LogP contribution is 2.16. The van der Waals surface area contributed by atoms with Gasteiger partial charge in [-0.1, -0.05) is 93.2 Å². The van der Waals surface area contributed by atoms with Crippen LogP contribution >= 0.6 is 0 Å². The summed E-state index contributed by atoms with van der Waals surface area (Å²) < 4.78 is 0. The lowest BCUT2D eigenvalue weighted by atomic mass is 10.1. The second kappa shape index (κ2) is 11.7. The fourth-order valence-corrected chi connectivity index (χ4v) is 2.87. The Morgan fingerprint density at radius 3 is 1.78 bits per heavy atom. The van der Waals surface area contributed by atoms with E-state index in [9.17, 15) is 0 Å². The Morgan fingerprint density at radius 2 is 1.13 bits per heavy atom. The first-order valence-corrected chi connectivity index (χ1v) is 9.02. The van der Waals surface area contributed by atoms with Gasteiger partial charge in [-0.2, -0.15) is 0 Å².